The second kappa shape index (κ2) is 7.81. The van der Waals surface area contributed by atoms with Crippen LogP contribution in [0.5, 0.6) is 5.75 Å². The summed E-state index contributed by atoms with van der Waals surface area (Å²) in [4.78, 5) is 7.22. The van der Waals surface area contributed by atoms with Crippen LogP contribution in [-0.2, 0) is 16.0 Å². The molecule has 134 valence electrons. The monoisotopic (exact) mass is 334 g/mol. The Bertz CT molecular complexity index is 564. The van der Waals surface area contributed by atoms with Gasteiger partial charge >= 0.3 is 0 Å². The molecule has 2 aliphatic rings. The summed E-state index contributed by atoms with van der Waals surface area (Å²) >= 11 is 0. The van der Waals surface area contributed by atoms with Crippen molar-refractivity contribution < 1.29 is 14.2 Å². The maximum atomic E-state index is 5.81. The van der Waals surface area contributed by atoms with E-state index in [1.54, 1.807) is 7.11 Å². The summed E-state index contributed by atoms with van der Waals surface area (Å²) in [6.45, 7) is 7.55. The Hall–Kier alpha value is -1.17. The molecule has 3 rings (SSSR count). The Balaban J connectivity index is 1.79. The summed E-state index contributed by atoms with van der Waals surface area (Å²) in [5, 5.41) is 0. The van der Waals surface area contributed by atoms with Gasteiger partial charge in [0.2, 0.25) is 0 Å². The van der Waals surface area contributed by atoms with E-state index >= 15 is 0 Å². The SMILES string of the molecule is COc1c(C)cnc(CN2CCOCC2C2CCCC2OC)c1C. The standard InChI is InChI=1S/C19H30N2O3/c1-13-10-20-16(14(2)19(13)23-4)11-21-8-9-24-12-17(21)15-6-5-7-18(15)22-3/h10,15,17-18H,5-9,11-12H2,1-4H3. The van der Waals surface area contributed by atoms with Crippen molar-refractivity contribution in [2.75, 3.05) is 34.0 Å². The Morgan fingerprint density at radius 1 is 1.29 bits per heavy atom. The molecule has 3 atom stereocenters. The molecule has 1 aromatic heterocycles. The van der Waals surface area contributed by atoms with Crippen molar-refractivity contribution in [2.24, 2.45) is 5.92 Å². The van der Waals surface area contributed by atoms with Crippen LogP contribution in [0.3, 0.4) is 0 Å². The molecule has 0 amide bonds. The summed E-state index contributed by atoms with van der Waals surface area (Å²) in [7, 11) is 3.58. The maximum absolute atomic E-state index is 5.81. The lowest BCUT2D eigenvalue weighted by Gasteiger charge is -2.40. The number of aromatic nitrogens is 1. The number of hydrogen-bond donors (Lipinski definition) is 0. The lowest BCUT2D eigenvalue weighted by Crippen LogP contribution is -2.51. The van der Waals surface area contributed by atoms with E-state index in [2.05, 4.69) is 16.8 Å². The van der Waals surface area contributed by atoms with Crippen molar-refractivity contribution >= 4 is 0 Å². The predicted octanol–water partition coefficient (Wildman–Crippen LogP) is 2.72. The van der Waals surface area contributed by atoms with E-state index in [9.17, 15) is 0 Å². The van der Waals surface area contributed by atoms with Gasteiger partial charge in [-0.2, -0.15) is 0 Å². The molecule has 0 N–H and O–H groups in total. The van der Waals surface area contributed by atoms with E-state index in [0.29, 0.717) is 18.1 Å². The van der Waals surface area contributed by atoms with Crippen LogP contribution < -0.4 is 4.74 Å². The van der Waals surface area contributed by atoms with Gasteiger partial charge in [0.15, 0.2) is 0 Å². The summed E-state index contributed by atoms with van der Waals surface area (Å²) < 4.78 is 17.1. The van der Waals surface area contributed by atoms with E-state index in [0.717, 1.165) is 48.9 Å². The highest BCUT2D eigenvalue weighted by Crippen LogP contribution is 2.35. The summed E-state index contributed by atoms with van der Waals surface area (Å²) in [5.74, 6) is 1.52. The highest BCUT2D eigenvalue weighted by molar-refractivity contribution is 5.41. The van der Waals surface area contributed by atoms with Gasteiger partial charge < -0.3 is 14.2 Å². The van der Waals surface area contributed by atoms with Crippen molar-refractivity contribution in [3.63, 3.8) is 0 Å². The van der Waals surface area contributed by atoms with Crippen LogP contribution in [0.4, 0.5) is 0 Å². The van der Waals surface area contributed by atoms with E-state index < -0.39 is 0 Å². The number of methoxy groups -OCH3 is 2. The summed E-state index contributed by atoms with van der Waals surface area (Å²) in [6, 6.07) is 0.416. The fourth-order valence-corrected chi connectivity index (χ4v) is 4.36. The Labute approximate surface area is 145 Å². The third kappa shape index (κ3) is 3.44. The van der Waals surface area contributed by atoms with E-state index in [1.807, 2.05) is 20.2 Å². The van der Waals surface area contributed by atoms with Gasteiger partial charge in [0, 0.05) is 49.5 Å². The van der Waals surface area contributed by atoms with Crippen molar-refractivity contribution in [1.82, 2.24) is 9.88 Å². The van der Waals surface area contributed by atoms with Gasteiger partial charge in [0.1, 0.15) is 5.75 Å². The average Bonchev–Trinajstić information content (AvgIpc) is 3.07. The quantitative estimate of drug-likeness (QED) is 0.828. The average molecular weight is 334 g/mol. The molecule has 0 aromatic carbocycles. The van der Waals surface area contributed by atoms with Crippen molar-refractivity contribution in [3.8, 4) is 5.75 Å². The van der Waals surface area contributed by atoms with E-state index in [1.165, 1.54) is 19.3 Å². The summed E-state index contributed by atoms with van der Waals surface area (Å²) in [5.41, 5.74) is 3.35. The number of rotatable bonds is 5. The van der Waals surface area contributed by atoms with Gasteiger partial charge in [0.05, 0.1) is 32.1 Å². The molecule has 1 saturated carbocycles. The topological polar surface area (TPSA) is 43.8 Å². The van der Waals surface area contributed by atoms with Gasteiger partial charge in [0.25, 0.3) is 0 Å². The van der Waals surface area contributed by atoms with Crippen molar-refractivity contribution in [3.05, 3.63) is 23.0 Å². The number of pyridine rings is 1. The molecule has 1 saturated heterocycles. The Morgan fingerprint density at radius 3 is 2.88 bits per heavy atom. The molecule has 2 fully saturated rings. The first-order valence-corrected chi connectivity index (χ1v) is 8.99. The molecular weight excluding hydrogens is 304 g/mol. The Morgan fingerprint density at radius 2 is 2.12 bits per heavy atom. The van der Waals surface area contributed by atoms with Crippen LogP contribution in [-0.4, -0.2) is 56.0 Å². The van der Waals surface area contributed by atoms with Crippen LogP contribution in [0.15, 0.2) is 6.20 Å². The minimum absolute atomic E-state index is 0.362. The smallest absolute Gasteiger partial charge is 0.128 e. The lowest BCUT2D eigenvalue weighted by molar-refractivity contribution is -0.0612. The zero-order valence-corrected chi connectivity index (χ0v) is 15.4. The number of morpholine rings is 1. The van der Waals surface area contributed by atoms with Crippen LogP contribution in [0.25, 0.3) is 0 Å². The molecule has 1 aliphatic carbocycles. The van der Waals surface area contributed by atoms with E-state index in [-0.39, 0.29) is 0 Å². The second-order valence-corrected chi connectivity index (χ2v) is 7.03. The zero-order valence-electron chi connectivity index (χ0n) is 15.4. The number of aryl methyl sites for hydroxylation is 1. The van der Waals surface area contributed by atoms with E-state index in [4.69, 9.17) is 14.2 Å². The number of nitrogens with zero attached hydrogens (tertiary/aromatic N) is 2. The highest BCUT2D eigenvalue weighted by Gasteiger charge is 2.38. The molecule has 5 heteroatoms. The van der Waals surface area contributed by atoms with Crippen LogP contribution >= 0.6 is 0 Å². The molecule has 2 heterocycles. The molecular formula is C19H30N2O3. The minimum atomic E-state index is 0.362. The second-order valence-electron chi connectivity index (χ2n) is 7.03. The normalized spacial score (nSPS) is 28.2. The first-order valence-electron chi connectivity index (χ1n) is 8.99. The third-order valence-electron chi connectivity index (χ3n) is 5.68. The first-order chi connectivity index (χ1) is 11.7. The van der Waals surface area contributed by atoms with Crippen LogP contribution in [0.2, 0.25) is 0 Å². The van der Waals surface area contributed by atoms with Crippen molar-refractivity contribution in [2.45, 2.75) is 51.8 Å². The molecule has 0 radical (unpaired) electrons. The predicted molar refractivity (Wildman–Crippen MR) is 93.4 cm³/mol. The van der Waals surface area contributed by atoms with Gasteiger partial charge in [-0.05, 0) is 26.7 Å². The molecule has 0 bridgehead atoms. The van der Waals surface area contributed by atoms with Gasteiger partial charge in [-0.25, -0.2) is 0 Å². The van der Waals surface area contributed by atoms with Gasteiger partial charge in [-0.15, -0.1) is 0 Å². The molecule has 3 unspecified atom stereocenters. The van der Waals surface area contributed by atoms with Gasteiger partial charge in [-0.1, -0.05) is 6.42 Å². The van der Waals surface area contributed by atoms with Gasteiger partial charge in [-0.3, -0.25) is 9.88 Å². The summed E-state index contributed by atoms with van der Waals surface area (Å²) in [6.07, 6.45) is 5.93. The zero-order chi connectivity index (χ0) is 17.1. The largest absolute Gasteiger partial charge is 0.496 e. The molecule has 1 aliphatic heterocycles. The molecule has 5 nitrogen and oxygen atoms in total. The lowest BCUT2D eigenvalue weighted by atomic mass is 9.93. The Kier molecular flexibility index (Phi) is 5.74. The van der Waals surface area contributed by atoms with Crippen molar-refractivity contribution in [1.29, 1.82) is 0 Å². The number of hydrogen-bond acceptors (Lipinski definition) is 5. The first kappa shape index (κ1) is 17.6. The molecule has 24 heavy (non-hydrogen) atoms. The van der Waals surface area contributed by atoms with Crippen LogP contribution in [0, 0.1) is 19.8 Å². The number of ether oxygens (including phenoxy) is 3. The third-order valence-corrected chi connectivity index (χ3v) is 5.68. The van der Waals surface area contributed by atoms with Crippen LogP contribution in [0.1, 0.15) is 36.1 Å². The highest BCUT2D eigenvalue weighted by atomic mass is 16.5. The fraction of sp³-hybridized carbons (Fsp3) is 0.737. The maximum Gasteiger partial charge on any atom is 0.128 e. The fourth-order valence-electron chi connectivity index (χ4n) is 4.36. The minimum Gasteiger partial charge on any atom is -0.496 e. The molecule has 1 aromatic rings. The molecule has 0 spiro atoms.